The van der Waals surface area contributed by atoms with Crippen LogP contribution in [0, 0.1) is 6.92 Å². The maximum atomic E-state index is 11.8. The number of phenolic OH excluding ortho intramolecular Hbond substituents is 1. The smallest absolute Gasteiger partial charge is 0.259 e. The van der Waals surface area contributed by atoms with Crippen LogP contribution in [0.25, 0.3) is 0 Å². The quantitative estimate of drug-likeness (QED) is 0.527. The predicted molar refractivity (Wildman–Crippen MR) is 100 cm³/mol. The molecule has 3 N–H and O–H groups in total. The first kappa shape index (κ1) is 18.9. The summed E-state index contributed by atoms with van der Waals surface area (Å²) >= 11 is 12.0. The zero-order chi connectivity index (χ0) is 18.4. The molecule has 0 aromatic heterocycles. The van der Waals surface area contributed by atoms with Crippen LogP contribution in [0.4, 0.5) is 5.69 Å². The van der Waals surface area contributed by atoms with Crippen LogP contribution in [0.2, 0.25) is 10.0 Å². The largest absolute Gasteiger partial charge is 0.504 e. The van der Waals surface area contributed by atoms with Crippen LogP contribution in [-0.4, -0.2) is 30.9 Å². The number of carbonyl (C=O) groups is 1. The van der Waals surface area contributed by atoms with E-state index >= 15 is 0 Å². The summed E-state index contributed by atoms with van der Waals surface area (Å²) in [7, 11) is 1.39. The van der Waals surface area contributed by atoms with Crippen molar-refractivity contribution in [1.29, 1.82) is 0 Å². The number of halogens is 2. The highest BCUT2D eigenvalue weighted by molar-refractivity contribution is 6.43. The normalized spacial score (nSPS) is 10.7. The molecule has 2 aromatic rings. The van der Waals surface area contributed by atoms with Gasteiger partial charge in [-0.3, -0.25) is 4.79 Å². The highest BCUT2D eigenvalue weighted by Crippen LogP contribution is 2.38. The molecular formula is C17H17Cl2N3O3. The van der Waals surface area contributed by atoms with Crippen molar-refractivity contribution in [1.82, 2.24) is 5.43 Å². The third-order valence-corrected chi connectivity index (χ3v) is 4.07. The first-order valence-corrected chi connectivity index (χ1v) is 8.05. The van der Waals surface area contributed by atoms with Crippen molar-refractivity contribution in [3.63, 3.8) is 0 Å². The Morgan fingerprint density at radius 3 is 2.80 bits per heavy atom. The van der Waals surface area contributed by atoms with Crippen molar-refractivity contribution in [2.45, 2.75) is 6.92 Å². The van der Waals surface area contributed by atoms with Crippen LogP contribution in [0.5, 0.6) is 11.5 Å². The van der Waals surface area contributed by atoms with Gasteiger partial charge in [-0.25, -0.2) is 5.43 Å². The molecule has 0 bridgehead atoms. The Bertz CT molecular complexity index is 810. The molecule has 2 rings (SSSR count). The first-order valence-electron chi connectivity index (χ1n) is 7.29. The number of hydrogen-bond acceptors (Lipinski definition) is 5. The SMILES string of the molecule is COc1cc(Cl)c(Cl)c(C=NNC(=O)CNc2cccc(C)c2)c1O. The number of carbonyl (C=O) groups excluding carboxylic acids is 1. The molecule has 0 radical (unpaired) electrons. The number of nitrogens with zero attached hydrogens (tertiary/aromatic N) is 1. The molecule has 0 atom stereocenters. The van der Waals surface area contributed by atoms with E-state index in [1.807, 2.05) is 31.2 Å². The molecular weight excluding hydrogens is 365 g/mol. The first-order chi connectivity index (χ1) is 11.9. The molecule has 0 saturated heterocycles. The minimum absolute atomic E-state index is 0.0410. The van der Waals surface area contributed by atoms with E-state index in [0.717, 1.165) is 11.3 Å². The van der Waals surface area contributed by atoms with Gasteiger partial charge < -0.3 is 15.2 Å². The summed E-state index contributed by atoms with van der Waals surface area (Å²) in [6.45, 7) is 2.00. The van der Waals surface area contributed by atoms with Crippen molar-refractivity contribution in [2.24, 2.45) is 5.10 Å². The van der Waals surface area contributed by atoms with Gasteiger partial charge in [0.1, 0.15) is 0 Å². The van der Waals surface area contributed by atoms with E-state index < -0.39 is 0 Å². The summed E-state index contributed by atoms with van der Waals surface area (Å²) < 4.78 is 4.99. The number of ether oxygens (including phenoxy) is 1. The Morgan fingerprint density at radius 1 is 1.36 bits per heavy atom. The van der Waals surface area contributed by atoms with E-state index in [2.05, 4.69) is 15.8 Å². The number of hydrogen-bond donors (Lipinski definition) is 3. The zero-order valence-electron chi connectivity index (χ0n) is 13.6. The van der Waals surface area contributed by atoms with Gasteiger partial charge >= 0.3 is 0 Å². The van der Waals surface area contributed by atoms with Gasteiger partial charge in [0.25, 0.3) is 5.91 Å². The maximum absolute atomic E-state index is 11.8. The number of hydrazone groups is 1. The van der Waals surface area contributed by atoms with E-state index in [9.17, 15) is 9.90 Å². The Hall–Kier alpha value is -2.44. The zero-order valence-corrected chi connectivity index (χ0v) is 15.1. The molecule has 0 heterocycles. The lowest BCUT2D eigenvalue weighted by molar-refractivity contribution is -0.119. The fourth-order valence-corrected chi connectivity index (χ4v) is 2.43. The second-order valence-electron chi connectivity index (χ2n) is 5.15. The molecule has 0 aliphatic carbocycles. The van der Waals surface area contributed by atoms with Gasteiger partial charge in [0, 0.05) is 11.8 Å². The molecule has 6 nitrogen and oxygen atoms in total. The molecule has 2 aromatic carbocycles. The van der Waals surface area contributed by atoms with Gasteiger partial charge in [-0.2, -0.15) is 5.10 Å². The average molecular weight is 382 g/mol. The van der Waals surface area contributed by atoms with E-state index in [-0.39, 0.29) is 39.6 Å². The summed E-state index contributed by atoms with van der Waals surface area (Å²) in [6.07, 6.45) is 1.20. The molecule has 0 saturated carbocycles. The van der Waals surface area contributed by atoms with Crippen LogP contribution in [0.1, 0.15) is 11.1 Å². The van der Waals surface area contributed by atoms with Gasteiger partial charge in [0.2, 0.25) is 0 Å². The highest BCUT2D eigenvalue weighted by atomic mass is 35.5. The van der Waals surface area contributed by atoms with E-state index in [1.54, 1.807) is 0 Å². The number of aromatic hydroxyl groups is 1. The monoisotopic (exact) mass is 381 g/mol. The number of amides is 1. The predicted octanol–water partition coefficient (Wildman–Crippen LogP) is 3.58. The average Bonchev–Trinajstić information content (AvgIpc) is 2.59. The van der Waals surface area contributed by atoms with E-state index in [1.165, 1.54) is 19.4 Å². The Balaban J connectivity index is 1.99. The lowest BCUT2D eigenvalue weighted by Gasteiger charge is -2.09. The third kappa shape index (κ3) is 5.01. The standard InChI is InChI=1S/C17H17Cl2N3O3/c1-10-4-3-5-11(6-10)20-9-15(23)22-21-8-12-16(19)13(18)7-14(25-2)17(12)24/h3-8,20,24H,9H2,1-2H3,(H,22,23). The minimum atomic E-state index is -0.359. The van der Waals surface area contributed by atoms with Crippen molar-refractivity contribution in [2.75, 3.05) is 19.0 Å². The highest BCUT2D eigenvalue weighted by Gasteiger charge is 2.14. The van der Waals surface area contributed by atoms with Crippen LogP contribution in [-0.2, 0) is 4.79 Å². The number of nitrogens with one attached hydrogen (secondary N) is 2. The number of methoxy groups -OCH3 is 1. The Kier molecular flexibility index (Phi) is 6.50. The van der Waals surface area contributed by atoms with Crippen LogP contribution >= 0.6 is 23.2 Å². The van der Waals surface area contributed by atoms with Crippen molar-refractivity contribution >= 4 is 41.0 Å². The molecule has 0 unspecified atom stereocenters. The van der Waals surface area contributed by atoms with Crippen molar-refractivity contribution < 1.29 is 14.6 Å². The third-order valence-electron chi connectivity index (χ3n) is 3.27. The molecule has 1 amide bonds. The maximum Gasteiger partial charge on any atom is 0.259 e. The van der Waals surface area contributed by atoms with E-state index in [0.29, 0.717) is 0 Å². The molecule has 0 spiro atoms. The molecule has 25 heavy (non-hydrogen) atoms. The van der Waals surface area contributed by atoms with Crippen molar-refractivity contribution in [3.8, 4) is 11.5 Å². The van der Waals surface area contributed by atoms with Gasteiger partial charge in [-0.15, -0.1) is 0 Å². The molecule has 0 aliphatic rings. The topological polar surface area (TPSA) is 83.0 Å². The number of rotatable bonds is 6. The number of aryl methyl sites for hydroxylation is 1. The number of benzene rings is 2. The van der Waals surface area contributed by atoms with Crippen LogP contribution < -0.4 is 15.5 Å². The summed E-state index contributed by atoms with van der Waals surface area (Å²) in [5.74, 6) is -0.418. The fourth-order valence-electron chi connectivity index (χ4n) is 2.03. The minimum Gasteiger partial charge on any atom is -0.504 e. The van der Waals surface area contributed by atoms with Gasteiger partial charge in [-0.1, -0.05) is 35.3 Å². The molecule has 0 aliphatic heterocycles. The summed E-state index contributed by atoms with van der Waals surface area (Å²) in [5, 5.41) is 17.1. The number of anilines is 1. The van der Waals surface area contributed by atoms with Gasteiger partial charge in [-0.05, 0) is 24.6 Å². The fraction of sp³-hybridized carbons (Fsp3) is 0.176. The van der Waals surface area contributed by atoms with Gasteiger partial charge in [0.15, 0.2) is 11.5 Å². The molecule has 8 heteroatoms. The van der Waals surface area contributed by atoms with Crippen LogP contribution in [0.15, 0.2) is 35.4 Å². The van der Waals surface area contributed by atoms with Crippen LogP contribution in [0.3, 0.4) is 0 Å². The van der Waals surface area contributed by atoms with E-state index in [4.69, 9.17) is 27.9 Å². The van der Waals surface area contributed by atoms with Gasteiger partial charge in [0.05, 0.1) is 35.5 Å². The molecule has 0 fully saturated rings. The lowest BCUT2D eigenvalue weighted by Crippen LogP contribution is -2.25. The van der Waals surface area contributed by atoms with Crippen molar-refractivity contribution in [3.05, 3.63) is 51.5 Å². The second-order valence-corrected chi connectivity index (χ2v) is 5.94. The number of phenols is 1. The summed E-state index contributed by atoms with van der Waals surface area (Å²) in [4.78, 5) is 11.8. The summed E-state index contributed by atoms with van der Waals surface area (Å²) in [5.41, 5.74) is 4.41. The second kappa shape index (κ2) is 8.60. The molecule has 132 valence electrons. The lowest BCUT2D eigenvalue weighted by atomic mass is 10.2. The summed E-state index contributed by atoms with van der Waals surface area (Å²) in [6, 6.07) is 9.03. The Labute approximate surface area is 155 Å². The Morgan fingerprint density at radius 2 is 2.12 bits per heavy atom.